The monoisotopic (exact) mass is 321 g/mol. The van der Waals surface area contributed by atoms with Crippen molar-refractivity contribution in [1.82, 2.24) is 0 Å². The van der Waals surface area contributed by atoms with Crippen LogP contribution in [0.25, 0.3) is 0 Å². The topological polar surface area (TPSA) is 78.7 Å². The molecule has 0 spiro atoms. The molecule has 0 fully saturated rings. The zero-order valence-corrected chi connectivity index (χ0v) is 12.4. The van der Waals surface area contributed by atoms with E-state index in [2.05, 4.69) is 0 Å². The fourth-order valence-electron chi connectivity index (χ4n) is 1.80. The Labute approximate surface area is 131 Å². The molecule has 0 saturated carbocycles. The van der Waals surface area contributed by atoms with Crippen molar-refractivity contribution in [3.05, 3.63) is 68.7 Å². The highest BCUT2D eigenvalue weighted by Crippen LogP contribution is 2.24. The lowest BCUT2D eigenvalue weighted by Crippen LogP contribution is -2.07. The van der Waals surface area contributed by atoms with Gasteiger partial charge in [-0.05, 0) is 18.2 Å². The number of non-ortho nitro benzene ring substituents is 1. The Bertz CT molecular complexity index is 717. The molecule has 2 aromatic rings. The second-order valence-corrected chi connectivity index (χ2v) is 4.72. The van der Waals surface area contributed by atoms with Crippen molar-refractivity contribution in [3.63, 3.8) is 0 Å². The number of nitro groups is 1. The Morgan fingerprint density at radius 1 is 1.27 bits per heavy atom. The van der Waals surface area contributed by atoms with Crippen LogP contribution in [0, 0.1) is 10.1 Å². The molecule has 2 rings (SSSR count). The number of nitro benzene ring substituents is 1. The molecule has 7 heteroatoms. The molecule has 0 aromatic heterocycles. The summed E-state index contributed by atoms with van der Waals surface area (Å²) in [4.78, 5) is 22.1. The molecule has 2 aromatic carbocycles. The van der Waals surface area contributed by atoms with E-state index < -0.39 is 10.9 Å². The standard InChI is InChI=1S/C15H12ClNO5/c1-21-14-5-3-2-4-12(14)15(18)22-9-10-6-7-11(17(19)20)8-13(10)16/h2-8H,9H2,1H3. The van der Waals surface area contributed by atoms with Crippen LogP contribution >= 0.6 is 11.6 Å². The number of hydrogen-bond donors (Lipinski definition) is 0. The maximum Gasteiger partial charge on any atom is 0.342 e. The smallest absolute Gasteiger partial charge is 0.342 e. The van der Waals surface area contributed by atoms with Crippen LogP contribution in [0.1, 0.15) is 15.9 Å². The van der Waals surface area contributed by atoms with E-state index in [1.807, 2.05) is 0 Å². The molecular formula is C15H12ClNO5. The highest BCUT2D eigenvalue weighted by Gasteiger charge is 2.15. The number of para-hydroxylation sites is 1. The number of esters is 1. The Balaban J connectivity index is 2.10. The lowest BCUT2D eigenvalue weighted by atomic mass is 10.2. The molecular weight excluding hydrogens is 310 g/mol. The Morgan fingerprint density at radius 2 is 2.00 bits per heavy atom. The molecule has 0 N–H and O–H groups in total. The van der Waals surface area contributed by atoms with E-state index in [4.69, 9.17) is 21.1 Å². The number of halogens is 1. The lowest BCUT2D eigenvalue weighted by molar-refractivity contribution is -0.384. The average Bonchev–Trinajstić information content (AvgIpc) is 2.53. The first-order valence-corrected chi connectivity index (χ1v) is 6.63. The van der Waals surface area contributed by atoms with Crippen molar-refractivity contribution in [2.75, 3.05) is 7.11 Å². The zero-order valence-electron chi connectivity index (χ0n) is 11.6. The van der Waals surface area contributed by atoms with Crippen molar-refractivity contribution in [2.45, 2.75) is 6.61 Å². The van der Waals surface area contributed by atoms with Gasteiger partial charge in [-0.3, -0.25) is 10.1 Å². The number of methoxy groups -OCH3 is 1. The summed E-state index contributed by atoms with van der Waals surface area (Å²) in [6, 6.07) is 10.6. The summed E-state index contributed by atoms with van der Waals surface area (Å²) >= 11 is 5.94. The minimum Gasteiger partial charge on any atom is -0.496 e. The van der Waals surface area contributed by atoms with Crippen LogP contribution in [0.3, 0.4) is 0 Å². The third-order valence-corrected chi connectivity index (χ3v) is 3.28. The van der Waals surface area contributed by atoms with E-state index in [1.54, 1.807) is 24.3 Å². The zero-order chi connectivity index (χ0) is 16.1. The second-order valence-electron chi connectivity index (χ2n) is 4.31. The summed E-state index contributed by atoms with van der Waals surface area (Å²) in [5.41, 5.74) is 0.656. The largest absolute Gasteiger partial charge is 0.496 e. The molecule has 22 heavy (non-hydrogen) atoms. The molecule has 0 radical (unpaired) electrons. The minimum atomic E-state index is -0.563. The van der Waals surface area contributed by atoms with E-state index in [9.17, 15) is 14.9 Å². The summed E-state index contributed by atoms with van der Waals surface area (Å²) < 4.78 is 10.2. The highest BCUT2D eigenvalue weighted by atomic mass is 35.5. The van der Waals surface area contributed by atoms with Gasteiger partial charge >= 0.3 is 5.97 Å². The number of nitrogens with zero attached hydrogens (tertiary/aromatic N) is 1. The third kappa shape index (κ3) is 3.53. The maximum atomic E-state index is 12.0. The van der Waals surface area contributed by atoms with Gasteiger partial charge in [0.05, 0.1) is 17.1 Å². The summed E-state index contributed by atoms with van der Waals surface area (Å²) in [5, 5.41) is 10.8. The first kappa shape index (κ1) is 15.8. The Morgan fingerprint density at radius 3 is 2.64 bits per heavy atom. The first-order valence-electron chi connectivity index (χ1n) is 6.26. The minimum absolute atomic E-state index is 0.0896. The van der Waals surface area contributed by atoms with Gasteiger partial charge < -0.3 is 9.47 Å². The van der Waals surface area contributed by atoms with Gasteiger partial charge in [-0.25, -0.2) is 4.79 Å². The molecule has 0 aliphatic heterocycles. The highest BCUT2D eigenvalue weighted by molar-refractivity contribution is 6.31. The van der Waals surface area contributed by atoms with Gasteiger partial charge in [-0.15, -0.1) is 0 Å². The van der Waals surface area contributed by atoms with Crippen molar-refractivity contribution in [3.8, 4) is 5.75 Å². The molecule has 0 bridgehead atoms. The molecule has 114 valence electrons. The van der Waals surface area contributed by atoms with Crippen LogP contribution in [0.2, 0.25) is 5.02 Å². The van der Waals surface area contributed by atoms with Crippen molar-refractivity contribution < 1.29 is 19.2 Å². The average molecular weight is 322 g/mol. The first-order chi connectivity index (χ1) is 10.5. The van der Waals surface area contributed by atoms with Gasteiger partial charge in [0.15, 0.2) is 0 Å². The van der Waals surface area contributed by atoms with E-state index in [1.165, 1.54) is 25.3 Å². The van der Waals surface area contributed by atoms with Crippen LogP contribution in [0.5, 0.6) is 5.75 Å². The van der Waals surface area contributed by atoms with Crippen molar-refractivity contribution in [1.29, 1.82) is 0 Å². The molecule has 0 amide bonds. The number of benzene rings is 2. The van der Waals surface area contributed by atoms with Crippen LogP contribution in [0.15, 0.2) is 42.5 Å². The molecule has 0 saturated heterocycles. The van der Waals surface area contributed by atoms with Crippen molar-refractivity contribution in [2.24, 2.45) is 0 Å². The normalized spacial score (nSPS) is 10.1. The summed E-state index contributed by atoms with van der Waals surface area (Å²) in [5.74, 6) is -0.158. The third-order valence-electron chi connectivity index (χ3n) is 2.93. The van der Waals surface area contributed by atoms with Gasteiger partial charge in [0.25, 0.3) is 5.69 Å². The SMILES string of the molecule is COc1ccccc1C(=O)OCc1ccc([N+](=O)[O-])cc1Cl. The van der Waals surface area contributed by atoms with Gasteiger partial charge in [-0.2, -0.15) is 0 Å². The number of hydrogen-bond acceptors (Lipinski definition) is 5. The molecule has 0 aliphatic rings. The second kappa shape index (κ2) is 6.91. The summed E-state index contributed by atoms with van der Waals surface area (Å²) in [7, 11) is 1.46. The Hall–Kier alpha value is -2.60. The number of carbonyl (C=O) groups excluding carboxylic acids is 1. The van der Waals surface area contributed by atoms with E-state index in [0.717, 1.165) is 0 Å². The lowest BCUT2D eigenvalue weighted by Gasteiger charge is -2.09. The van der Waals surface area contributed by atoms with Crippen LogP contribution in [-0.2, 0) is 11.3 Å². The van der Waals surface area contributed by atoms with Crippen LogP contribution < -0.4 is 4.74 Å². The molecule has 0 atom stereocenters. The summed E-state index contributed by atoms with van der Waals surface area (Å²) in [6.45, 7) is -0.0896. The quantitative estimate of drug-likeness (QED) is 0.477. The maximum absolute atomic E-state index is 12.0. The van der Waals surface area contributed by atoms with Crippen molar-refractivity contribution >= 4 is 23.3 Å². The van der Waals surface area contributed by atoms with E-state index in [-0.39, 0.29) is 17.3 Å². The van der Waals surface area contributed by atoms with Gasteiger partial charge in [0.1, 0.15) is 17.9 Å². The van der Waals surface area contributed by atoms with Gasteiger partial charge in [-0.1, -0.05) is 23.7 Å². The molecule has 0 unspecified atom stereocenters. The fraction of sp³-hybridized carbons (Fsp3) is 0.133. The van der Waals surface area contributed by atoms with Crippen LogP contribution in [0.4, 0.5) is 5.69 Å². The Kier molecular flexibility index (Phi) is 4.95. The van der Waals surface area contributed by atoms with Gasteiger partial charge in [0.2, 0.25) is 0 Å². The number of carbonyl (C=O) groups is 1. The van der Waals surface area contributed by atoms with Crippen LogP contribution in [-0.4, -0.2) is 18.0 Å². The van der Waals surface area contributed by atoms with Gasteiger partial charge in [0, 0.05) is 17.7 Å². The molecule has 0 aliphatic carbocycles. The summed E-state index contributed by atoms with van der Waals surface area (Å²) in [6.07, 6.45) is 0. The molecule has 6 nitrogen and oxygen atoms in total. The number of rotatable bonds is 5. The predicted molar refractivity (Wildman–Crippen MR) is 80.2 cm³/mol. The van der Waals surface area contributed by atoms with E-state index >= 15 is 0 Å². The fourth-order valence-corrected chi connectivity index (χ4v) is 2.03. The number of ether oxygens (including phenoxy) is 2. The molecule has 0 heterocycles. The van der Waals surface area contributed by atoms with E-state index in [0.29, 0.717) is 16.9 Å². The predicted octanol–water partition coefficient (Wildman–Crippen LogP) is 3.61.